The average Bonchev–Trinajstić information content (AvgIpc) is 2.74. The van der Waals surface area contributed by atoms with Gasteiger partial charge in [-0.2, -0.15) is 0 Å². The second-order valence-corrected chi connectivity index (χ2v) is 6.40. The SMILES string of the molecule is COc1ccc(CCNc2nc(C)cc(C(=O)Nc3ccccc3)n2)cc1OC. The van der Waals surface area contributed by atoms with E-state index < -0.39 is 0 Å². The molecular weight excluding hydrogens is 368 g/mol. The van der Waals surface area contributed by atoms with Gasteiger partial charge >= 0.3 is 0 Å². The van der Waals surface area contributed by atoms with Crippen LogP contribution in [0.4, 0.5) is 11.6 Å². The van der Waals surface area contributed by atoms with E-state index in [1.807, 2.05) is 55.5 Å². The molecule has 7 nitrogen and oxygen atoms in total. The molecule has 0 radical (unpaired) electrons. The number of hydrogen-bond acceptors (Lipinski definition) is 6. The van der Waals surface area contributed by atoms with Gasteiger partial charge in [0.05, 0.1) is 14.2 Å². The topological polar surface area (TPSA) is 85.4 Å². The van der Waals surface area contributed by atoms with Crippen molar-refractivity contribution in [3.05, 3.63) is 71.5 Å². The number of benzene rings is 2. The summed E-state index contributed by atoms with van der Waals surface area (Å²) in [5.41, 5.74) is 2.84. The van der Waals surface area contributed by atoms with Crippen LogP contribution in [0.25, 0.3) is 0 Å². The third-order valence-corrected chi connectivity index (χ3v) is 4.26. The largest absolute Gasteiger partial charge is 0.493 e. The van der Waals surface area contributed by atoms with E-state index in [4.69, 9.17) is 9.47 Å². The first-order chi connectivity index (χ1) is 14.1. The standard InChI is InChI=1S/C22H24N4O3/c1-15-13-18(21(27)25-17-7-5-4-6-8-17)26-22(24-15)23-12-11-16-9-10-19(28-2)20(14-16)29-3/h4-10,13-14H,11-12H2,1-3H3,(H,25,27)(H,23,24,26). The molecule has 7 heteroatoms. The van der Waals surface area contributed by atoms with Crippen molar-refractivity contribution in [2.45, 2.75) is 13.3 Å². The predicted molar refractivity (Wildman–Crippen MR) is 113 cm³/mol. The summed E-state index contributed by atoms with van der Waals surface area (Å²) in [7, 11) is 3.22. The molecule has 3 aromatic rings. The van der Waals surface area contributed by atoms with Gasteiger partial charge < -0.3 is 20.1 Å². The second kappa shape index (κ2) is 9.54. The van der Waals surface area contributed by atoms with Crippen LogP contribution in [0.1, 0.15) is 21.7 Å². The summed E-state index contributed by atoms with van der Waals surface area (Å²) >= 11 is 0. The molecule has 0 atom stereocenters. The molecule has 3 rings (SSSR count). The first-order valence-corrected chi connectivity index (χ1v) is 9.26. The van der Waals surface area contributed by atoms with E-state index in [-0.39, 0.29) is 5.91 Å². The summed E-state index contributed by atoms with van der Waals surface area (Å²) < 4.78 is 10.6. The van der Waals surface area contributed by atoms with Gasteiger partial charge in [-0.1, -0.05) is 24.3 Å². The van der Waals surface area contributed by atoms with Crippen molar-refractivity contribution in [1.82, 2.24) is 9.97 Å². The van der Waals surface area contributed by atoms with Crippen molar-refractivity contribution in [3.63, 3.8) is 0 Å². The van der Waals surface area contributed by atoms with Gasteiger partial charge in [-0.25, -0.2) is 9.97 Å². The third-order valence-electron chi connectivity index (χ3n) is 4.26. The van der Waals surface area contributed by atoms with Crippen LogP contribution in [0.5, 0.6) is 11.5 Å². The molecule has 0 unspecified atom stereocenters. The zero-order chi connectivity index (χ0) is 20.6. The Hall–Kier alpha value is -3.61. The van der Waals surface area contributed by atoms with Crippen molar-refractivity contribution in [3.8, 4) is 11.5 Å². The van der Waals surface area contributed by atoms with Gasteiger partial charge in [0.2, 0.25) is 5.95 Å². The van der Waals surface area contributed by atoms with E-state index in [0.29, 0.717) is 35.4 Å². The third kappa shape index (κ3) is 5.44. The maximum atomic E-state index is 12.5. The van der Waals surface area contributed by atoms with Gasteiger partial charge in [-0.05, 0) is 49.2 Å². The predicted octanol–water partition coefficient (Wildman–Crippen LogP) is 3.71. The molecule has 2 N–H and O–H groups in total. The lowest BCUT2D eigenvalue weighted by molar-refractivity contribution is 0.102. The minimum absolute atomic E-state index is 0.273. The summed E-state index contributed by atoms with van der Waals surface area (Å²) in [6, 6.07) is 16.7. The van der Waals surface area contributed by atoms with Gasteiger partial charge in [0.25, 0.3) is 5.91 Å². The molecule has 1 heterocycles. The number of para-hydroxylation sites is 1. The summed E-state index contributed by atoms with van der Waals surface area (Å²) in [5.74, 6) is 1.53. The molecule has 0 aliphatic carbocycles. The van der Waals surface area contributed by atoms with E-state index in [1.54, 1.807) is 20.3 Å². The van der Waals surface area contributed by atoms with Crippen LogP contribution in [0.2, 0.25) is 0 Å². The molecule has 1 amide bonds. The molecule has 0 bridgehead atoms. The lowest BCUT2D eigenvalue weighted by Crippen LogP contribution is -2.16. The summed E-state index contributed by atoms with van der Waals surface area (Å²) in [6.07, 6.45) is 0.739. The van der Waals surface area contributed by atoms with Crippen LogP contribution in [-0.2, 0) is 6.42 Å². The van der Waals surface area contributed by atoms with Crippen molar-refractivity contribution in [1.29, 1.82) is 0 Å². The van der Waals surface area contributed by atoms with Gasteiger partial charge in [0.15, 0.2) is 11.5 Å². The number of nitrogens with one attached hydrogen (secondary N) is 2. The Kier molecular flexibility index (Phi) is 6.63. The summed E-state index contributed by atoms with van der Waals surface area (Å²) in [4.78, 5) is 21.2. The fraction of sp³-hybridized carbons (Fsp3) is 0.227. The van der Waals surface area contributed by atoms with Gasteiger partial charge in [-0.15, -0.1) is 0 Å². The van der Waals surface area contributed by atoms with Crippen LogP contribution in [0, 0.1) is 6.92 Å². The van der Waals surface area contributed by atoms with E-state index in [1.165, 1.54) is 0 Å². The van der Waals surface area contributed by atoms with E-state index in [2.05, 4.69) is 20.6 Å². The molecule has 0 aliphatic rings. The first kappa shape index (κ1) is 20.1. The number of aromatic nitrogens is 2. The minimum atomic E-state index is -0.273. The maximum absolute atomic E-state index is 12.5. The number of nitrogens with zero attached hydrogens (tertiary/aromatic N) is 2. The summed E-state index contributed by atoms with van der Waals surface area (Å²) in [5, 5.41) is 6.02. The maximum Gasteiger partial charge on any atom is 0.274 e. The first-order valence-electron chi connectivity index (χ1n) is 9.26. The fourth-order valence-corrected chi connectivity index (χ4v) is 2.84. The Morgan fingerprint density at radius 1 is 0.966 bits per heavy atom. The van der Waals surface area contributed by atoms with Crippen molar-refractivity contribution < 1.29 is 14.3 Å². The number of carbonyl (C=O) groups excluding carboxylic acids is 1. The molecule has 0 fully saturated rings. The average molecular weight is 392 g/mol. The zero-order valence-electron chi connectivity index (χ0n) is 16.7. The Morgan fingerprint density at radius 3 is 2.45 bits per heavy atom. The molecular formula is C22H24N4O3. The summed E-state index contributed by atoms with van der Waals surface area (Å²) in [6.45, 7) is 2.44. The highest BCUT2D eigenvalue weighted by molar-refractivity contribution is 6.03. The lowest BCUT2D eigenvalue weighted by Gasteiger charge is -2.11. The van der Waals surface area contributed by atoms with Gasteiger partial charge in [0.1, 0.15) is 5.69 Å². The van der Waals surface area contributed by atoms with Crippen LogP contribution in [0.3, 0.4) is 0 Å². The molecule has 0 aliphatic heterocycles. The number of amides is 1. The van der Waals surface area contributed by atoms with Gasteiger partial charge in [0, 0.05) is 17.9 Å². The molecule has 0 saturated carbocycles. The smallest absolute Gasteiger partial charge is 0.274 e. The highest BCUT2D eigenvalue weighted by Gasteiger charge is 2.11. The normalized spacial score (nSPS) is 10.3. The van der Waals surface area contributed by atoms with E-state index in [9.17, 15) is 4.79 Å². The fourth-order valence-electron chi connectivity index (χ4n) is 2.84. The van der Waals surface area contributed by atoms with Crippen molar-refractivity contribution in [2.24, 2.45) is 0 Å². The number of rotatable bonds is 8. The van der Waals surface area contributed by atoms with Crippen molar-refractivity contribution in [2.75, 3.05) is 31.4 Å². The molecule has 29 heavy (non-hydrogen) atoms. The Labute approximate surface area is 170 Å². The number of carbonyl (C=O) groups is 1. The minimum Gasteiger partial charge on any atom is -0.493 e. The number of aryl methyl sites for hydroxylation is 1. The number of anilines is 2. The second-order valence-electron chi connectivity index (χ2n) is 6.40. The molecule has 0 spiro atoms. The number of methoxy groups -OCH3 is 2. The zero-order valence-corrected chi connectivity index (χ0v) is 16.7. The molecule has 2 aromatic carbocycles. The van der Waals surface area contributed by atoms with Crippen LogP contribution < -0.4 is 20.1 Å². The monoisotopic (exact) mass is 392 g/mol. The van der Waals surface area contributed by atoms with Gasteiger partial charge in [-0.3, -0.25) is 4.79 Å². The van der Waals surface area contributed by atoms with Crippen LogP contribution in [0.15, 0.2) is 54.6 Å². The lowest BCUT2D eigenvalue weighted by atomic mass is 10.1. The highest BCUT2D eigenvalue weighted by Crippen LogP contribution is 2.27. The highest BCUT2D eigenvalue weighted by atomic mass is 16.5. The number of ether oxygens (including phenoxy) is 2. The quantitative estimate of drug-likeness (QED) is 0.608. The van der Waals surface area contributed by atoms with E-state index in [0.717, 1.165) is 17.7 Å². The number of hydrogen-bond donors (Lipinski definition) is 2. The van der Waals surface area contributed by atoms with Crippen LogP contribution in [-0.4, -0.2) is 36.6 Å². The molecule has 1 aromatic heterocycles. The van der Waals surface area contributed by atoms with Crippen molar-refractivity contribution >= 4 is 17.5 Å². The van der Waals surface area contributed by atoms with Crippen LogP contribution >= 0.6 is 0 Å². The Balaban J connectivity index is 1.63. The van der Waals surface area contributed by atoms with E-state index >= 15 is 0 Å². The molecule has 0 saturated heterocycles. The Morgan fingerprint density at radius 2 is 1.72 bits per heavy atom. The Bertz CT molecular complexity index is 977. The molecule has 150 valence electrons.